The van der Waals surface area contributed by atoms with Crippen molar-refractivity contribution in [1.29, 1.82) is 0 Å². The van der Waals surface area contributed by atoms with Crippen molar-refractivity contribution < 1.29 is 9.90 Å². The number of carboxylic acids is 1. The van der Waals surface area contributed by atoms with E-state index in [9.17, 15) is 9.90 Å². The molecule has 0 saturated heterocycles. The third-order valence-corrected chi connectivity index (χ3v) is 7.95. The first-order valence-electron chi connectivity index (χ1n) is 15.6. The van der Waals surface area contributed by atoms with Crippen LogP contribution in [0.2, 0.25) is 0 Å². The van der Waals surface area contributed by atoms with Gasteiger partial charge in [-0.2, -0.15) is 0 Å². The van der Waals surface area contributed by atoms with Gasteiger partial charge in [0.2, 0.25) is 0 Å². The Hall–Kier alpha value is -0.530. The van der Waals surface area contributed by atoms with E-state index in [1.807, 2.05) is 0 Å². The van der Waals surface area contributed by atoms with Gasteiger partial charge in [0.25, 0.3) is 0 Å². The smallest absolute Gasteiger partial charge is 0.306 e. The van der Waals surface area contributed by atoms with Crippen LogP contribution in [0.1, 0.15) is 176 Å². The van der Waals surface area contributed by atoms with Gasteiger partial charge in [0.15, 0.2) is 0 Å². The first-order valence-corrected chi connectivity index (χ1v) is 15.6. The molecule has 0 aromatic heterocycles. The molecule has 1 N–H and O–H groups in total. The number of carbonyl (C=O) groups is 1. The van der Waals surface area contributed by atoms with Crippen LogP contribution >= 0.6 is 0 Å². The molecule has 0 radical (unpaired) electrons. The van der Waals surface area contributed by atoms with Crippen LogP contribution in [0.3, 0.4) is 0 Å². The van der Waals surface area contributed by atoms with Crippen LogP contribution in [0.15, 0.2) is 0 Å². The molecular formula is C32H64O2. The summed E-state index contributed by atoms with van der Waals surface area (Å²) in [5, 5.41) is 9.83. The summed E-state index contributed by atoms with van der Waals surface area (Å²) < 4.78 is 0. The van der Waals surface area contributed by atoms with Gasteiger partial charge in [-0.05, 0) is 30.6 Å². The Morgan fingerprint density at radius 3 is 1.38 bits per heavy atom. The van der Waals surface area contributed by atoms with Gasteiger partial charge in [0.1, 0.15) is 0 Å². The number of unbranched alkanes of at least 4 members (excludes halogenated alkanes) is 14. The molecule has 2 nitrogen and oxygen atoms in total. The summed E-state index contributed by atoms with van der Waals surface area (Å²) in [7, 11) is 0. The molecule has 0 amide bonds. The molecule has 204 valence electrons. The molecule has 0 rings (SSSR count). The summed E-state index contributed by atoms with van der Waals surface area (Å²) in [5.41, 5.74) is 0. The molecule has 0 aromatic carbocycles. The molecule has 3 unspecified atom stereocenters. The predicted octanol–water partition coefficient (Wildman–Crippen LogP) is 11.2. The first kappa shape index (κ1) is 33.5. The fraction of sp³-hybridized carbons (Fsp3) is 0.969. The Balaban J connectivity index is 3.69. The first-order chi connectivity index (χ1) is 16.4. The minimum absolute atomic E-state index is 0.145. The lowest BCUT2D eigenvalue weighted by Crippen LogP contribution is -2.25. The molecule has 0 heterocycles. The van der Waals surface area contributed by atoms with Gasteiger partial charge >= 0.3 is 5.97 Å². The van der Waals surface area contributed by atoms with Crippen LogP contribution in [0.4, 0.5) is 0 Å². The molecule has 0 aromatic rings. The van der Waals surface area contributed by atoms with Crippen molar-refractivity contribution in [1.82, 2.24) is 0 Å². The molecule has 2 heteroatoms. The van der Waals surface area contributed by atoms with E-state index < -0.39 is 5.97 Å². The van der Waals surface area contributed by atoms with E-state index >= 15 is 0 Å². The maximum atomic E-state index is 11.9. The highest BCUT2D eigenvalue weighted by Gasteiger charge is 2.27. The SMILES string of the molecule is CCCCC(CCC)CC(C(=O)O)C(C)CCCCCCCCCCCCCCCCC(C)C. The summed E-state index contributed by atoms with van der Waals surface area (Å²) in [6.07, 6.45) is 28.8. The van der Waals surface area contributed by atoms with Crippen molar-refractivity contribution >= 4 is 5.97 Å². The van der Waals surface area contributed by atoms with Crippen molar-refractivity contribution in [2.24, 2.45) is 23.7 Å². The summed E-state index contributed by atoms with van der Waals surface area (Å²) in [4.78, 5) is 11.9. The highest BCUT2D eigenvalue weighted by atomic mass is 16.4. The molecule has 0 aliphatic carbocycles. The zero-order chi connectivity index (χ0) is 25.4. The quantitative estimate of drug-likeness (QED) is 0.125. The van der Waals surface area contributed by atoms with Crippen LogP contribution in [-0.2, 0) is 4.79 Å². The topological polar surface area (TPSA) is 37.3 Å². The predicted molar refractivity (Wildman–Crippen MR) is 152 cm³/mol. The van der Waals surface area contributed by atoms with E-state index in [1.54, 1.807) is 0 Å². The highest BCUT2D eigenvalue weighted by molar-refractivity contribution is 5.70. The average Bonchev–Trinajstić information content (AvgIpc) is 2.79. The Kier molecular flexibility index (Phi) is 23.8. The third-order valence-electron chi connectivity index (χ3n) is 7.95. The molecule has 0 spiro atoms. The fourth-order valence-electron chi connectivity index (χ4n) is 5.56. The molecule has 0 fully saturated rings. The zero-order valence-electron chi connectivity index (χ0n) is 24.2. The Morgan fingerprint density at radius 1 is 0.559 bits per heavy atom. The maximum absolute atomic E-state index is 11.9. The van der Waals surface area contributed by atoms with E-state index in [2.05, 4.69) is 34.6 Å². The zero-order valence-corrected chi connectivity index (χ0v) is 24.2. The second-order valence-electron chi connectivity index (χ2n) is 11.9. The molecular weight excluding hydrogens is 416 g/mol. The summed E-state index contributed by atoms with van der Waals surface area (Å²) in [6, 6.07) is 0. The van der Waals surface area contributed by atoms with Crippen molar-refractivity contribution in [3.8, 4) is 0 Å². The van der Waals surface area contributed by atoms with Crippen LogP contribution in [0, 0.1) is 23.7 Å². The Labute approximate surface area is 215 Å². The van der Waals surface area contributed by atoms with Crippen LogP contribution in [0.25, 0.3) is 0 Å². The van der Waals surface area contributed by atoms with Gasteiger partial charge in [-0.15, -0.1) is 0 Å². The highest BCUT2D eigenvalue weighted by Crippen LogP contribution is 2.30. The van der Waals surface area contributed by atoms with Crippen LogP contribution in [-0.4, -0.2) is 11.1 Å². The van der Waals surface area contributed by atoms with Gasteiger partial charge in [-0.3, -0.25) is 4.79 Å². The summed E-state index contributed by atoms with van der Waals surface area (Å²) in [6.45, 7) is 11.3. The second kappa shape index (κ2) is 24.2. The molecule has 34 heavy (non-hydrogen) atoms. The molecule has 0 aliphatic rings. The summed E-state index contributed by atoms with van der Waals surface area (Å²) in [5.74, 6) is 1.08. The van der Waals surface area contributed by atoms with E-state index in [4.69, 9.17) is 0 Å². The minimum atomic E-state index is -0.559. The van der Waals surface area contributed by atoms with E-state index in [1.165, 1.54) is 128 Å². The second-order valence-corrected chi connectivity index (χ2v) is 11.9. The van der Waals surface area contributed by atoms with Crippen molar-refractivity contribution in [2.45, 2.75) is 176 Å². The average molecular weight is 481 g/mol. The Morgan fingerprint density at radius 2 is 1.00 bits per heavy atom. The van der Waals surface area contributed by atoms with Gasteiger partial charge in [0, 0.05) is 0 Å². The van der Waals surface area contributed by atoms with E-state index in [-0.39, 0.29) is 5.92 Å². The third kappa shape index (κ3) is 20.8. The van der Waals surface area contributed by atoms with Crippen molar-refractivity contribution in [3.63, 3.8) is 0 Å². The van der Waals surface area contributed by atoms with Crippen LogP contribution in [0.5, 0.6) is 0 Å². The fourth-order valence-corrected chi connectivity index (χ4v) is 5.56. The normalized spacial score (nSPS) is 14.4. The number of carboxylic acid groups (broad SMARTS) is 1. The number of hydrogen-bond donors (Lipinski definition) is 1. The minimum Gasteiger partial charge on any atom is -0.481 e. The van der Waals surface area contributed by atoms with Crippen molar-refractivity contribution in [2.75, 3.05) is 0 Å². The summed E-state index contributed by atoms with van der Waals surface area (Å²) >= 11 is 0. The number of aliphatic carboxylic acids is 1. The lowest BCUT2D eigenvalue weighted by atomic mass is 9.80. The van der Waals surface area contributed by atoms with Gasteiger partial charge in [-0.25, -0.2) is 0 Å². The molecule has 0 bridgehead atoms. The van der Waals surface area contributed by atoms with Crippen molar-refractivity contribution in [3.05, 3.63) is 0 Å². The molecule has 3 atom stereocenters. The number of rotatable bonds is 26. The van der Waals surface area contributed by atoms with Gasteiger partial charge in [0.05, 0.1) is 5.92 Å². The van der Waals surface area contributed by atoms with Gasteiger partial charge in [-0.1, -0.05) is 163 Å². The molecule has 0 aliphatic heterocycles. The van der Waals surface area contributed by atoms with E-state index in [0.29, 0.717) is 11.8 Å². The monoisotopic (exact) mass is 480 g/mol. The lowest BCUT2D eigenvalue weighted by Gasteiger charge is -2.25. The van der Waals surface area contributed by atoms with Crippen LogP contribution < -0.4 is 0 Å². The maximum Gasteiger partial charge on any atom is 0.306 e. The van der Waals surface area contributed by atoms with Gasteiger partial charge < -0.3 is 5.11 Å². The van der Waals surface area contributed by atoms with E-state index in [0.717, 1.165) is 18.8 Å². The molecule has 0 saturated carbocycles. The largest absolute Gasteiger partial charge is 0.481 e. The lowest BCUT2D eigenvalue weighted by molar-refractivity contribution is -0.144. The Bertz CT molecular complexity index is 431. The number of hydrogen-bond acceptors (Lipinski definition) is 1. The standard InChI is InChI=1S/C32H64O2/c1-6-8-26-30(23-7-2)27-31(32(33)34)29(5)25-22-20-18-16-14-12-10-9-11-13-15-17-19-21-24-28(3)4/h28-31H,6-27H2,1-5H3,(H,33,34).